The monoisotopic (exact) mass is 234 g/mol. The van der Waals surface area contributed by atoms with Crippen LogP contribution in [0.2, 0.25) is 0 Å². The van der Waals surface area contributed by atoms with Crippen molar-refractivity contribution < 1.29 is 13.2 Å². The van der Waals surface area contributed by atoms with Gasteiger partial charge in [0.1, 0.15) is 0 Å². The van der Waals surface area contributed by atoms with Crippen LogP contribution in [0.3, 0.4) is 0 Å². The van der Waals surface area contributed by atoms with E-state index in [1.165, 1.54) is 0 Å². The smallest absolute Gasteiger partial charge is 0.235 e. The molecule has 0 unspecified atom stereocenters. The quantitative estimate of drug-likeness (QED) is 0.769. The Morgan fingerprint density at radius 3 is 2.60 bits per heavy atom. The lowest BCUT2D eigenvalue weighted by Crippen LogP contribution is -2.43. The fraction of sp³-hybridized carbons (Fsp3) is 0.889. The SMILES string of the molecule is CC(C)CCC(=O)NN1CCCS1(=O)=O. The summed E-state index contributed by atoms with van der Waals surface area (Å²) in [4.78, 5) is 11.4. The van der Waals surface area contributed by atoms with E-state index in [0.29, 0.717) is 25.3 Å². The second kappa shape index (κ2) is 4.94. The fourth-order valence-corrected chi connectivity index (χ4v) is 2.74. The summed E-state index contributed by atoms with van der Waals surface area (Å²) in [6.07, 6.45) is 1.75. The van der Waals surface area contributed by atoms with Gasteiger partial charge in [-0.1, -0.05) is 13.8 Å². The minimum Gasteiger partial charge on any atom is -0.275 e. The summed E-state index contributed by atoms with van der Waals surface area (Å²) in [5.41, 5.74) is 2.43. The van der Waals surface area contributed by atoms with Gasteiger partial charge in [-0.05, 0) is 18.8 Å². The van der Waals surface area contributed by atoms with Gasteiger partial charge >= 0.3 is 0 Å². The Labute approximate surface area is 90.9 Å². The Bertz CT molecular complexity index is 324. The predicted octanol–water partition coefficient (Wildman–Crippen LogP) is 0.489. The van der Waals surface area contributed by atoms with Crippen LogP contribution in [0.25, 0.3) is 0 Å². The van der Waals surface area contributed by atoms with Crippen molar-refractivity contribution in [2.75, 3.05) is 12.3 Å². The molecule has 1 aliphatic heterocycles. The third kappa shape index (κ3) is 3.79. The Morgan fingerprint density at radius 1 is 1.47 bits per heavy atom. The van der Waals surface area contributed by atoms with Crippen LogP contribution in [-0.4, -0.2) is 31.0 Å². The topological polar surface area (TPSA) is 66.5 Å². The van der Waals surface area contributed by atoms with Crippen LogP contribution in [0.15, 0.2) is 0 Å². The highest BCUT2D eigenvalue weighted by Crippen LogP contribution is 2.10. The zero-order valence-corrected chi connectivity index (χ0v) is 10.0. The highest BCUT2D eigenvalue weighted by Gasteiger charge is 2.29. The molecule has 0 aromatic rings. The van der Waals surface area contributed by atoms with Gasteiger partial charge in [-0.15, -0.1) is 4.41 Å². The van der Waals surface area contributed by atoms with E-state index in [4.69, 9.17) is 0 Å². The summed E-state index contributed by atoms with van der Waals surface area (Å²) in [5.74, 6) is 0.373. The van der Waals surface area contributed by atoms with Gasteiger partial charge in [0, 0.05) is 13.0 Å². The van der Waals surface area contributed by atoms with E-state index in [2.05, 4.69) is 5.43 Å². The molecule has 1 amide bonds. The second-order valence-corrected chi connectivity index (χ2v) is 6.22. The molecule has 1 fully saturated rings. The first-order valence-corrected chi connectivity index (χ1v) is 6.82. The van der Waals surface area contributed by atoms with Crippen LogP contribution >= 0.6 is 0 Å². The zero-order valence-electron chi connectivity index (χ0n) is 9.19. The Morgan fingerprint density at radius 2 is 2.13 bits per heavy atom. The van der Waals surface area contributed by atoms with Crippen LogP contribution < -0.4 is 5.43 Å². The van der Waals surface area contributed by atoms with Crippen molar-refractivity contribution in [2.24, 2.45) is 5.92 Å². The molecule has 0 bridgehead atoms. The molecule has 0 spiro atoms. The largest absolute Gasteiger partial charge is 0.275 e. The van der Waals surface area contributed by atoms with Crippen molar-refractivity contribution in [2.45, 2.75) is 33.1 Å². The number of rotatable bonds is 4. The minimum absolute atomic E-state index is 0.136. The maximum Gasteiger partial charge on any atom is 0.235 e. The zero-order chi connectivity index (χ0) is 11.5. The van der Waals surface area contributed by atoms with E-state index in [-0.39, 0.29) is 11.7 Å². The van der Waals surface area contributed by atoms with Gasteiger partial charge in [0.2, 0.25) is 15.9 Å². The molecule has 0 aromatic heterocycles. The fourth-order valence-electron chi connectivity index (χ4n) is 1.38. The molecule has 0 aliphatic carbocycles. The second-order valence-electron chi connectivity index (χ2n) is 4.21. The molecule has 1 aliphatic rings. The molecule has 88 valence electrons. The number of hydrazine groups is 1. The first-order chi connectivity index (χ1) is 6.92. The van der Waals surface area contributed by atoms with Crippen LogP contribution in [0.1, 0.15) is 33.1 Å². The number of sulfonamides is 1. The van der Waals surface area contributed by atoms with Gasteiger partial charge < -0.3 is 0 Å². The van der Waals surface area contributed by atoms with Crippen molar-refractivity contribution in [1.82, 2.24) is 9.84 Å². The molecule has 15 heavy (non-hydrogen) atoms. The van der Waals surface area contributed by atoms with E-state index >= 15 is 0 Å². The molecule has 5 nitrogen and oxygen atoms in total. The first kappa shape index (κ1) is 12.4. The molecular formula is C9H18N2O3S. The summed E-state index contributed by atoms with van der Waals surface area (Å²) in [5, 5.41) is 0. The lowest BCUT2D eigenvalue weighted by molar-refractivity contribution is -0.124. The number of nitrogens with one attached hydrogen (secondary N) is 1. The Kier molecular flexibility index (Phi) is 4.10. The van der Waals surface area contributed by atoms with E-state index in [9.17, 15) is 13.2 Å². The molecule has 1 saturated heterocycles. The van der Waals surface area contributed by atoms with Crippen LogP contribution in [0.4, 0.5) is 0 Å². The van der Waals surface area contributed by atoms with Crippen molar-refractivity contribution in [3.63, 3.8) is 0 Å². The summed E-state index contributed by atoms with van der Waals surface area (Å²) in [7, 11) is -3.22. The lowest BCUT2D eigenvalue weighted by Gasteiger charge is -2.15. The molecular weight excluding hydrogens is 216 g/mol. The number of carbonyl (C=O) groups is 1. The van der Waals surface area contributed by atoms with Gasteiger partial charge in [0.25, 0.3) is 0 Å². The van der Waals surface area contributed by atoms with E-state index in [1.54, 1.807) is 0 Å². The van der Waals surface area contributed by atoms with Crippen molar-refractivity contribution in [1.29, 1.82) is 0 Å². The normalized spacial score (nSPS) is 20.7. The number of hydrogen-bond donors (Lipinski definition) is 1. The molecule has 0 radical (unpaired) electrons. The van der Waals surface area contributed by atoms with Crippen molar-refractivity contribution in [3.8, 4) is 0 Å². The van der Waals surface area contributed by atoms with Gasteiger partial charge in [-0.2, -0.15) is 0 Å². The average Bonchev–Trinajstić information content (AvgIpc) is 2.43. The Hall–Kier alpha value is -0.620. The van der Waals surface area contributed by atoms with Gasteiger partial charge in [0.05, 0.1) is 5.75 Å². The number of amides is 1. The minimum atomic E-state index is -3.22. The summed E-state index contributed by atoms with van der Waals surface area (Å²) < 4.78 is 23.8. The Balaban J connectivity index is 2.38. The molecule has 1 heterocycles. The molecule has 1 rings (SSSR count). The van der Waals surface area contributed by atoms with Gasteiger partial charge in [-0.25, -0.2) is 8.42 Å². The van der Waals surface area contributed by atoms with Crippen LogP contribution in [-0.2, 0) is 14.8 Å². The molecule has 1 N–H and O–H groups in total. The van der Waals surface area contributed by atoms with E-state index in [0.717, 1.165) is 10.8 Å². The summed E-state index contributed by atoms with van der Waals surface area (Å²) >= 11 is 0. The third-order valence-electron chi connectivity index (χ3n) is 2.30. The number of hydrogen-bond acceptors (Lipinski definition) is 3. The maximum absolute atomic E-state index is 11.4. The number of nitrogens with zero attached hydrogens (tertiary/aromatic N) is 1. The van der Waals surface area contributed by atoms with E-state index < -0.39 is 10.0 Å². The third-order valence-corrected chi connectivity index (χ3v) is 4.05. The highest BCUT2D eigenvalue weighted by molar-refractivity contribution is 7.89. The van der Waals surface area contributed by atoms with Crippen molar-refractivity contribution in [3.05, 3.63) is 0 Å². The van der Waals surface area contributed by atoms with Crippen LogP contribution in [0, 0.1) is 5.92 Å². The van der Waals surface area contributed by atoms with Crippen LogP contribution in [0.5, 0.6) is 0 Å². The predicted molar refractivity (Wildman–Crippen MR) is 57.3 cm³/mol. The van der Waals surface area contributed by atoms with Gasteiger partial charge in [0.15, 0.2) is 0 Å². The van der Waals surface area contributed by atoms with Gasteiger partial charge in [-0.3, -0.25) is 10.2 Å². The summed E-state index contributed by atoms with van der Waals surface area (Å²) in [6.45, 7) is 4.45. The molecule has 0 saturated carbocycles. The maximum atomic E-state index is 11.4. The number of carbonyl (C=O) groups excluding carboxylic acids is 1. The van der Waals surface area contributed by atoms with E-state index in [1.807, 2.05) is 13.8 Å². The first-order valence-electron chi connectivity index (χ1n) is 5.22. The molecule has 0 aromatic carbocycles. The molecule has 0 atom stereocenters. The average molecular weight is 234 g/mol. The molecule has 6 heteroatoms. The highest BCUT2D eigenvalue weighted by atomic mass is 32.2. The lowest BCUT2D eigenvalue weighted by atomic mass is 10.1. The standard InChI is InChI=1S/C9H18N2O3S/c1-8(2)4-5-9(12)10-11-6-3-7-15(11,13)14/h8H,3-7H2,1-2H3,(H,10,12). The van der Waals surface area contributed by atoms with Crippen molar-refractivity contribution >= 4 is 15.9 Å². The summed E-state index contributed by atoms with van der Waals surface area (Å²) in [6, 6.07) is 0.